The van der Waals surface area contributed by atoms with Crippen LogP contribution in [0.1, 0.15) is 36.8 Å². The summed E-state index contributed by atoms with van der Waals surface area (Å²) in [6.07, 6.45) is 4.09. The van der Waals surface area contributed by atoms with Crippen LogP contribution in [0.5, 0.6) is 0 Å². The lowest BCUT2D eigenvalue weighted by Crippen LogP contribution is -2.33. The van der Waals surface area contributed by atoms with E-state index in [1.807, 2.05) is 30.3 Å². The molecule has 0 bridgehead atoms. The number of benzene rings is 1. The van der Waals surface area contributed by atoms with E-state index in [0.29, 0.717) is 18.3 Å². The highest BCUT2D eigenvalue weighted by atomic mass is 16.5. The van der Waals surface area contributed by atoms with Crippen LogP contribution in [-0.4, -0.2) is 42.9 Å². The third kappa shape index (κ3) is 4.79. The molecule has 134 valence electrons. The number of amides is 1. The van der Waals surface area contributed by atoms with Crippen LogP contribution in [0.3, 0.4) is 0 Å². The molecule has 1 aromatic carbocycles. The van der Waals surface area contributed by atoms with Crippen LogP contribution in [0.2, 0.25) is 0 Å². The van der Waals surface area contributed by atoms with E-state index in [0.717, 1.165) is 31.5 Å². The molecule has 1 atom stereocenters. The second-order valence-electron chi connectivity index (χ2n) is 6.21. The third-order valence-electron chi connectivity index (χ3n) is 4.25. The largest absolute Gasteiger partial charge is 0.406 e. The van der Waals surface area contributed by atoms with Crippen LogP contribution < -0.4 is 10.2 Å². The van der Waals surface area contributed by atoms with Gasteiger partial charge in [0.15, 0.2) is 0 Å². The highest BCUT2D eigenvalue weighted by molar-refractivity contribution is 5.77. The molecule has 2 heterocycles. The smallest absolute Gasteiger partial charge is 0.318 e. The van der Waals surface area contributed by atoms with Gasteiger partial charge >= 0.3 is 6.01 Å². The molecule has 0 unspecified atom stereocenters. The second kappa shape index (κ2) is 8.62. The highest BCUT2D eigenvalue weighted by Gasteiger charge is 2.24. The first-order valence-electron chi connectivity index (χ1n) is 8.67. The summed E-state index contributed by atoms with van der Waals surface area (Å²) < 4.78 is 10.8. The van der Waals surface area contributed by atoms with Gasteiger partial charge in [0.05, 0.1) is 0 Å². The molecule has 0 saturated carbocycles. The standard InChI is InChI=1S/C18H24N4O3/c1-24-13-16(23)19-15(12-14-8-4-2-5-9-14)17-20-21-18(25-17)22-10-6-3-7-11-22/h2,4-5,8-9,15H,3,6-7,10-13H2,1H3,(H,19,23)/t15-/m1/s1. The van der Waals surface area contributed by atoms with Crippen LogP contribution in [0.4, 0.5) is 6.01 Å². The number of anilines is 1. The minimum Gasteiger partial charge on any atom is -0.406 e. The van der Waals surface area contributed by atoms with Crippen LogP contribution in [0, 0.1) is 0 Å². The molecule has 1 amide bonds. The number of ether oxygens (including phenoxy) is 1. The molecule has 1 N–H and O–H groups in total. The maximum Gasteiger partial charge on any atom is 0.318 e. The highest BCUT2D eigenvalue weighted by Crippen LogP contribution is 2.23. The molecule has 1 aromatic heterocycles. The zero-order chi connectivity index (χ0) is 17.5. The quantitative estimate of drug-likeness (QED) is 0.828. The minimum absolute atomic E-state index is 0.00158. The average Bonchev–Trinajstić information content (AvgIpc) is 3.13. The maximum atomic E-state index is 12.0. The average molecular weight is 344 g/mol. The van der Waals surface area contributed by atoms with E-state index in [-0.39, 0.29) is 18.6 Å². The van der Waals surface area contributed by atoms with Crippen molar-refractivity contribution in [2.45, 2.75) is 31.7 Å². The molecule has 1 aliphatic heterocycles. The molecule has 2 aromatic rings. The normalized spacial score (nSPS) is 15.8. The van der Waals surface area contributed by atoms with E-state index in [1.54, 1.807) is 0 Å². The lowest BCUT2D eigenvalue weighted by atomic mass is 10.1. The van der Waals surface area contributed by atoms with Gasteiger partial charge in [-0.05, 0) is 24.8 Å². The Hall–Kier alpha value is -2.41. The molecule has 1 aliphatic rings. The van der Waals surface area contributed by atoms with Gasteiger partial charge in [-0.25, -0.2) is 0 Å². The van der Waals surface area contributed by atoms with E-state index in [1.165, 1.54) is 13.5 Å². The summed E-state index contributed by atoms with van der Waals surface area (Å²) in [5, 5.41) is 11.3. The van der Waals surface area contributed by atoms with E-state index in [2.05, 4.69) is 20.4 Å². The number of nitrogens with one attached hydrogen (secondary N) is 1. The van der Waals surface area contributed by atoms with Crippen LogP contribution in [0.25, 0.3) is 0 Å². The van der Waals surface area contributed by atoms with Gasteiger partial charge < -0.3 is 19.4 Å². The Morgan fingerprint density at radius 1 is 1.24 bits per heavy atom. The van der Waals surface area contributed by atoms with Gasteiger partial charge in [0.1, 0.15) is 12.6 Å². The number of carbonyl (C=O) groups is 1. The minimum atomic E-state index is -0.379. The van der Waals surface area contributed by atoms with Crippen molar-refractivity contribution in [3.8, 4) is 0 Å². The van der Waals surface area contributed by atoms with Crippen molar-refractivity contribution in [2.75, 3.05) is 31.7 Å². The lowest BCUT2D eigenvalue weighted by molar-refractivity contribution is -0.125. The fourth-order valence-electron chi connectivity index (χ4n) is 3.00. The van der Waals surface area contributed by atoms with Crippen LogP contribution in [0.15, 0.2) is 34.7 Å². The van der Waals surface area contributed by atoms with E-state index in [9.17, 15) is 4.79 Å². The lowest BCUT2D eigenvalue weighted by Gasteiger charge is -2.24. The van der Waals surface area contributed by atoms with Crippen LogP contribution in [-0.2, 0) is 16.0 Å². The summed E-state index contributed by atoms with van der Waals surface area (Å²) in [7, 11) is 1.49. The Morgan fingerprint density at radius 2 is 2.00 bits per heavy atom. The number of hydrogen-bond donors (Lipinski definition) is 1. The van der Waals surface area contributed by atoms with Gasteiger partial charge in [-0.3, -0.25) is 4.79 Å². The SMILES string of the molecule is COCC(=O)N[C@H](Cc1ccccc1)c1nnc(N2CCCCC2)o1. The summed E-state index contributed by atoms with van der Waals surface area (Å²) in [6, 6.07) is 10.1. The van der Waals surface area contributed by atoms with Crippen molar-refractivity contribution < 1.29 is 13.9 Å². The monoisotopic (exact) mass is 344 g/mol. The van der Waals surface area contributed by atoms with E-state index < -0.39 is 0 Å². The first-order valence-corrected chi connectivity index (χ1v) is 8.67. The second-order valence-corrected chi connectivity index (χ2v) is 6.21. The van der Waals surface area contributed by atoms with Gasteiger partial charge in [0, 0.05) is 26.6 Å². The Balaban J connectivity index is 1.75. The first kappa shape index (κ1) is 17.4. The Kier molecular flexibility index (Phi) is 6.00. The molecule has 25 heavy (non-hydrogen) atoms. The zero-order valence-corrected chi connectivity index (χ0v) is 14.5. The molecular formula is C18H24N4O3. The molecular weight excluding hydrogens is 320 g/mol. The van der Waals surface area contributed by atoms with Crippen molar-refractivity contribution in [2.24, 2.45) is 0 Å². The molecule has 3 rings (SSSR count). The summed E-state index contributed by atoms with van der Waals surface area (Å²) in [6.45, 7) is 1.86. The van der Waals surface area contributed by atoms with Crippen molar-refractivity contribution >= 4 is 11.9 Å². The molecule has 1 fully saturated rings. The predicted molar refractivity (Wildman–Crippen MR) is 93.3 cm³/mol. The number of hydrogen-bond acceptors (Lipinski definition) is 6. The number of rotatable bonds is 7. The molecule has 1 saturated heterocycles. The summed E-state index contributed by atoms with van der Waals surface area (Å²) in [5.74, 6) is 0.218. The van der Waals surface area contributed by atoms with Gasteiger partial charge in [-0.15, -0.1) is 5.10 Å². The fourth-order valence-corrected chi connectivity index (χ4v) is 3.00. The molecule has 0 spiro atoms. The topological polar surface area (TPSA) is 80.5 Å². The Morgan fingerprint density at radius 3 is 2.72 bits per heavy atom. The first-order chi connectivity index (χ1) is 12.3. The molecule has 0 aliphatic carbocycles. The van der Waals surface area contributed by atoms with Crippen molar-refractivity contribution in [1.82, 2.24) is 15.5 Å². The predicted octanol–water partition coefficient (Wildman–Crippen LogP) is 2.11. The summed E-state index contributed by atoms with van der Waals surface area (Å²) in [5.41, 5.74) is 1.09. The number of carbonyl (C=O) groups excluding carboxylic acids is 1. The number of aromatic nitrogens is 2. The van der Waals surface area contributed by atoms with Crippen molar-refractivity contribution in [3.05, 3.63) is 41.8 Å². The Bertz CT molecular complexity index is 668. The third-order valence-corrected chi connectivity index (χ3v) is 4.25. The van der Waals surface area contributed by atoms with Gasteiger partial charge in [-0.2, -0.15) is 0 Å². The summed E-state index contributed by atoms with van der Waals surface area (Å²) in [4.78, 5) is 14.1. The van der Waals surface area contributed by atoms with E-state index in [4.69, 9.17) is 9.15 Å². The maximum absolute atomic E-state index is 12.0. The van der Waals surface area contributed by atoms with E-state index >= 15 is 0 Å². The molecule has 7 nitrogen and oxygen atoms in total. The number of nitrogens with zero attached hydrogens (tertiary/aromatic N) is 3. The molecule has 0 radical (unpaired) electrons. The fraction of sp³-hybridized carbons (Fsp3) is 0.500. The summed E-state index contributed by atoms with van der Waals surface area (Å²) >= 11 is 0. The van der Waals surface area contributed by atoms with Gasteiger partial charge in [-0.1, -0.05) is 35.4 Å². The van der Waals surface area contributed by atoms with Gasteiger partial charge in [0.25, 0.3) is 0 Å². The zero-order valence-electron chi connectivity index (χ0n) is 14.5. The number of piperidine rings is 1. The molecule has 7 heteroatoms. The van der Waals surface area contributed by atoms with Crippen molar-refractivity contribution in [3.63, 3.8) is 0 Å². The van der Waals surface area contributed by atoms with Crippen molar-refractivity contribution in [1.29, 1.82) is 0 Å². The van der Waals surface area contributed by atoms with Gasteiger partial charge in [0.2, 0.25) is 11.8 Å². The Labute approximate surface area is 147 Å². The van der Waals surface area contributed by atoms with Crippen LogP contribution >= 0.6 is 0 Å². The number of methoxy groups -OCH3 is 1.